The minimum Gasteiger partial charge on any atom is -0.407 e. The molecule has 0 aromatic carbocycles. The van der Waals surface area contributed by atoms with E-state index in [9.17, 15) is 9.90 Å². The zero-order valence-electron chi connectivity index (χ0n) is 10.1. The Labute approximate surface area is 117 Å². The molecule has 3 N–H and O–H groups in total. The number of aromatic nitrogens is 2. The predicted octanol–water partition coefficient (Wildman–Crippen LogP) is -0.941. The number of H-pyrrole nitrogens is 1. The van der Waals surface area contributed by atoms with Gasteiger partial charge in [-0.2, -0.15) is 0 Å². The van der Waals surface area contributed by atoms with Gasteiger partial charge >= 0.3 is 0 Å². The minimum absolute atomic E-state index is 0.172. The van der Waals surface area contributed by atoms with E-state index < -0.39 is 29.9 Å². The molecule has 0 bridgehead atoms. The Kier molecular flexibility index (Phi) is 4.00. The van der Waals surface area contributed by atoms with E-state index in [2.05, 4.69) is 4.98 Å². The highest BCUT2D eigenvalue weighted by Gasteiger charge is 2.35. The third kappa shape index (κ3) is 3.00. The van der Waals surface area contributed by atoms with E-state index in [0.29, 0.717) is 12.8 Å². The normalized spacial score (nSPS) is 23.7. The summed E-state index contributed by atoms with van der Waals surface area (Å²) in [5.41, 5.74) is -0.260. The lowest BCUT2D eigenvalue weighted by atomic mass is 9.61. The van der Waals surface area contributed by atoms with Crippen LogP contribution in [0.1, 0.15) is 24.6 Å². The highest BCUT2D eigenvalue weighted by Crippen LogP contribution is 2.31. The monoisotopic (exact) mass is 278 g/mol. The molecule has 4 radical (unpaired) electrons. The molecule has 1 saturated heterocycles. The van der Waals surface area contributed by atoms with Gasteiger partial charge in [-0.25, -0.2) is 0 Å². The van der Waals surface area contributed by atoms with Gasteiger partial charge in [0.2, 0.25) is 0 Å². The topological polar surface area (TPSA) is 87.5 Å². The molecule has 0 aliphatic carbocycles. The fourth-order valence-electron chi connectivity index (χ4n) is 2.02. The van der Waals surface area contributed by atoms with Crippen LogP contribution >= 0.6 is 12.2 Å². The average molecular weight is 278 g/mol. The number of nitrogens with zero attached hydrogens (tertiary/aromatic N) is 1. The molecule has 1 aromatic rings. The lowest BCUT2D eigenvalue weighted by Crippen LogP contribution is -2.43. The Morgan fingerprint density at radius 1 is 1.58 bits per heavy atom. The maximum atomic E-state index is 11.4. The third-order valence-corrected chi connectivity index (χ3v) is 3.35. The van der Waals surface area contributed by atoms with E-state index >= 15 is 0 Å². The second kappa shape index (κ2) is 5.24. The summed E-state index contributed by atoms with van der Waals surface area (Å²) in [4.78, 5) is 13.9. The zero-order valence-corrected chi connectivity index (χ0v) is 10.9. The second-order valence-electron chi connectivity index (χ2n) is 4.52. The van der Waals surface area contributed by atoms with Gasteiger partial charge in [0.15, 0.2) is 4.77 Å². The van der Waals surface area contributed by atoms with Crippen LogP contribution < -0.4 is 5.56 Å². The molecule has 2 atom stereocenters. The maximum Gasteiger partial charge on any atom is 0.257 e. The van der Waals surface area contributed by atoms with Crippen molar-refractivity contribution in [2.75, 3.05) is 0 Å². The number of hydrogen-bond acceptors (Lipinski definition) is 5. The molecule has 6 nitrogen and oxygen atoms in total. The van der Waals surface area contributed by atoms with Gasteiger partial charge in [0.05, 0.1) is 18.3 Å². The number of aromatic amines is 1. The van der Waals surface area contributed by atoms with Crippen molar-refractivity contribution >= 4 is 27.9 Å². The number of aliphatic hydroxyl groups excluding tert-OH is 1. The molecule has 1 aliphatic rings. The lowest BCUT2D eigenvalue weighted by Gasteiger charge is -2.27. The molecule has 19 heavy (non-hydrogen) atoms. The highest BCUT2D eigenvalue weighted by atomic mass is 32.1. The summed E-state index contributed by atoms with van der Waals surface area (Å²) >= 11 is 5.04. The van der Waals surface area contributed by atoms with Gasteiger partial charge in [0, 0.05) is 11.6 Å². The first-order chi connectivity index (χ1) is 8.82. The van der Waals surface area contributed by atoms with Gasteiger partial charge in [-0.15, -0.1) is 0 Å². The van der Waals surface area contributed by atoms with Gasteiger partial charge in [-0.3, -0.25) is 14.3 Å². The predicted molar refractivity (Wildman–Crippen MR) is 71.4 cm³/mol. The summed E-state index contributed by atoms with van der Waals surface area (Å²) in [5, 5.41) is 16.6. The molecular formula is C10H12B2N2O4S. The fourth-order valence-corrected chi connectivity index (χ4v) is 2.28. The Morgan fingerprint density at radius 2 is 2.26 bits per heavy atom. The van der Waals surface area contributed by atoms with Gasteiger partial charge in [0.25, 0.3) is 5.56 Å². The molecule has 2 unspecified atom stereocenters. The van der Waals surface area contributed by atoms with Crippen LogP contribution in [0.3, 0.4) is 0 Å². The first-order valence-corrected chi connectivity index (χ1v) is 6.14. The Morgan fingerprint density at radius 3 is 2.79 bits per heavy atom. The molecule has 1 fully saturated rings. The van der Waals surface area contributed by atoms with Crippen LogP contribution in [0, 0.1) is 4.77 Å². The van der Waals surface area contributed by atoms with Crippen molar-refractivity contribution in [1.29, 1.82) is 0 Å². The smallest absolute Gasteiger partial charge is 0.257 e. The quantitative estimate of drug-likeness (QED) is 0.490. The van der Waals surface area contributed by atoms with Crippen molar-refractivity contribution in [3.8, 4) is 0 Å². The molecule has 0 spiro atoms. The summed E-state index contributed by atoms with van der Waals surface area (Å²) in [6.45, 7) is -0.404. The van der Waals surface area contributed by atoms with Crippen molar-refractivity contribution in [3.05, 3.63) is 26.9 Å². The number of hydrogen-bond donors (Lipinski definition) is 3. The van der Waals surface area contributed by atoms with Gasteiger partial charge in [-0.1, -0.05) is 0 Å². The van der Waals surface area contributed by atoms with Crippen LogP contribution in [0.4, 0.5) is 0 Å². The van der Waals surface area contributed by atoms with Gasteiger partial charge in [0.1, 0.15) is 21.9 Å². The van der Waals surface area contributed by atoms with Crippen LogP contribution in [0.5, 0.6) is 0 Å². The minimum atomic E-state index is -1.92. The van der Waals surface area contributed by atoms with Crippen molar-refractivity contribution in [2.45, 2.75) is 37.2 Å². The number of nitrogens with one attached hydrogen (secondary N) is 1. The van der Waals surface area contributed by atoms with Crippen molar-refractivity contribution in [1.82, 2.24) is 9.55 Å². The molecule has 0 saturated carbocycles. The lowest BCUT2D eigenvalue weighted by molar-refractivity contribution is -0.0497. The molecule has 0 amide bonds. The summed E-state index contributed by atoms with van der Waals surface area (Å²) in [6, 6.07) is 0. The SMILES string of the molecule is [B]C([B])(O)C1CCC(n2cc(CO)c(=O)[nH]c2=S)O1. The largest absolute Gasteiger partial charge is 0.407 e. The first-order valence-electron chi connectivity index (χ1n) is 5.73. The Balaban J connectivity index is 2.30. The summed E-state index contributed by atoms with van der Waals surface area (Å²) in [7, 11) is 10.7. The molecule has 98 valence electrons. The highest BCUT2D eigenvalue weighted by molar-refractivity contribution is 7.71. The van der Waals surface area contributed by atoms with Gasteiger partial charge < -0.3 is 14.9 Å². The summed E-state index contributed by atoms with van der Waals surface area (Å²) in [5.74, 6) is 0. The van der Waals surface area contributed by atoms with Crippen LogP contribution in [0.15, 0.2) is 11.0 Å². The molecule has 1 aromatic heterocycles. The van der Waals surface area contributed by atoms with Crippen LogP contribution in [0.2, 0.25) is 0 Å². The Bertz CT molecular complexity index is 580. The van der Waals surface area contributed by atoms with Gasteiger partial charge in [-0.05, 0) is 25.1 Å². The van der Waals surface area contributed by atoms with E-state index in [-0.39, 0.29) is 10.3 Å². The first kappa shape index (κ1) is 14.5. The van der Waals surface area contributed by atoms with Crippen LogP contribution in [-0.4, -0.2) is 47.0 Å². The summed E-state index contributed by atoms with van der Waals surface area (Å²) in [6.07, 6.45) is 1.22. The van der Waals surface area contributed by atoms with Crippen molar-refractivity contribution in [2.24, 2.45) is 0 Å². The molecule has 9 heteroatoms. The molecular weight excluding hydrogens is 266 g/mol. The number of rotatable bonds is 3. The zero-order chi connectivity index (χ0) is 14.2. The third-order valence-electron chi connectivity index (χ3n) is 3.04. The molecule has 2 rings (SSSR count). The van der Waals surface area contributed by atoms with E-state index in [1.165, 1.54) is 10.8 Å². The standard InChI is InChI=1S/C10H12B2N2O4S/c11-10(12,17)6-1-2-7(18-6)14-3-5(4-15)8(16)13-9(14)19/h3,6-7,15,17H,1-2,4H2,(H,13,16,19). The molecule has 1 aliphatic heterocycles. The number of ether oxygens (including phenoxy) is 1. The second-order valence-corrected chi connectivity index (χ2v) is 4.91. The van der Waals surface area contributed by atoms with E-state index in [1.54, 1.807) is 0 Å². The van der Waals surface area contributed by atoms with Crippen molar-refractivity contribution in [3.63, 3.8) is 0 Å². The average Bonchev–Trinajstić information content (AvgIpc) is 2.78. The number of aliphatic hydroxyl groups is 2. The van der Waals surface area contributed by atoms with E-state index in [0.717, 1.165) is 0 Å². The summed E-state index contributed by atoms with van der Waals surface area (Å²) < 4.78 is 7.20. The van der Waals surface area contributed by atoms with E-state index in [1.807, 2.05) is 0 Å². The van der Waals surface area contributed by atoms with Crippen molar-refractivity contribution < 1.29 is 14.9 Å². The van der Waals surface area contributed by atoms with Crippen LogP contribution in [-0.2, 0) is 11.3 Å². The van der Waals surface area contributed by atoms with Crippen LogP contribution in [0.25, 0.3) is 0 Å². The maximum absolute atomic E-state index is 11.4. The van der Waals surface area contributed by atoms with E-state index in [4.69, 9.17) is 37.8 Å². The molecule has 2 heterocycles. The fraction of sp³-hybridized carbons (Fsp3) is 0.600. The Hall–Kier alpha value is -0.890.